The monoisotopic (exact) mass is 1620 g/mol. The van der Waals surface area contributed by atoms with E-state index < -0.39 is 126 Å². The number of carboxylic acid groups (broad SMARTS) is 1. The lowest BCUT2D eigenvalue weighted by molar-refractivity contribution is -0.148. The number of nitrogens with one attached hydrogen (secondary N) is 8. The molecule has 0 spiro atoms. The molecular formula is C83H124N14O17S. The van der Waals surface area contributed by atoms with E-state index in [4.69, 9.17) is 23.7 Å². The van der Waals surface area contributed by atoms with Gasteiger partial charge in [-0.3, -0.25) is 58.3 Å². The largest absolute Gasteiger partial charge is 0.481 e. The van der Waals surface area contributed by atoms with Crippen molar-refractivity contribution < 1.29 is 81.5 Å². The second-order valence-electron chi connectivity index (χ2n) is 30.5. The number of anilines is 1. The van der Waals surface area contributed by atoms with Crippen LogP contribution in [0.3, 0.4) is 0 Å². The number of hydrazine groups is 1. The van der Waals surface area contributed by atoms with Gasteiger partial charge < -0.3 is 80.4 Å². The summed E-state index contributed by atoms with van der Waals surface area (Å²) in [6.07, 6.45) is 1.43. The quantitative estimate of drug-likeness (QED) is 0.0140. The molecule has 0 saturated carbocycles. The fourth-order valence-corrected chi connectivity index (χ4v) is 15.0. The molecule has 0 aliphatic carbocycles. The van der Waals surface area contributed by atoms with Crippen molar-refractivity contribution in [1.29, 1.82) is 0 Å². The number of rotatable bonds is 49. The lowest BCUT2D eigenvalue weighted by Gasteiger charge is -2.41. The maximum Gasteiger partial charge on any atom is 0.410 e. The minimum absolute atomic E-state index is 0.00152. The fraction of sp³-hybridized carbons (Fsp3) is 0.590. The van der Waals surface area contributed by atoms with Gasteiger partial charge in [0.25, 0.3) is 0 Å². The van der Waals surface area contributed by atoms with Crippen molar-refractivity contribution in [2.75, 3.05) is 87.2 Å². The van der Waals surface area contributed by atoms with Gasteiger partial charge in [-0.1, -0.05) is 129 Å². The van der Waals surface area contributed by atoms with E-state index >= 15 is 0 Å². The molecule has 0 bridgehead atoms. The van der Waals surface area contributed by atoms with Gasteiger partial charge in [0.05, 0.1) is 75.6 Å². The molecule has 3 heterocycles. The summed E-state index contributed by atoms with van der Waals surface area (Å²) in [6, 6.07) is 19.6. The Morgan fingerprint density at radius 1 is 0.678 bits per heavy atom. The summed E-state index contributed by atoms with van der Waals surface area (Å²) in [5, 5.41) is 34.7. The number of likely N-dealkylation sites (N-methyl/N-ethyl adjacent to an activating group) is 2. The number of fused-ring (bicyclic) bond motifs is 1. The number of thiazole rings is 1. The second-order valence-corrected chi connectivity index (χ2v) is 31.4. The minimum atomic E-state index is -1.11. The van der Waals surface area contributed by atoms with E-state index in [1.165, 1.54) is 37.3 Å². The van der Waals surface area contributed by atoms with Crippen LogP contribution in [-0.4, -0.2) is 236 Å². The third-order valence-corrected chi connectivity index (χ3v) is 21.9. The molecule has 1 saturated heterocycles. The maximum absolute atomic E-state index is 14.9. The molecule has 1 fully saturated rings. The lowest BCUT2D eigenvalue weighted by atomic mass is 9.89. The molecule has 115 heavy (non-hydrogen) atoms. The molecule has 12 atom stereocenters. The number of methoxy groups -OCH3 is 2. The molecule has 634 valence electrons. The van der Waals surface area contributed by atoms with Crippen LogP contribution >= 0.6 is 11.3 Å². The van der Waals surface area contributed by atoms with Crippen molar-refractivity contribution in [1.82, 2.24) is 66.6 Å². The van der Waals surface area contributed by atoms with Crippen molar-refractivity contribution in [2.45, 2.75) is 207 Å². The molecule has 32 heteroatoms. The summed E-state index contributed by atoms with van der Waals surface area (Å²) in [4.78, 5) is 159. The van der Waals surface area contributed by atoms with E-state index in [1.54, 1.807) is 82.1 Å². The molecule has 1 aliphatic rings. The van der Waals surface area contributed by atoms with Gasteiger partial charge >= 0.3 is 12.1 Å². The first-order chi connectivity index (χ1) is 54.8. The van der Waals surface area contributed by atoms with Crippen molar-refractivity contribution >= 4 is 93.2 Å². The first kappa shape index (κ1) is 94.4. The van der Waals surface area contributed by atoms with Gasteiger partial charge in [-0.15, -0.1) is 11.3 Å². The first-order valence-electron chi connectivity index (χ1n) is 39.8. The highest BCUT2D eigenvalue weighted by molar-refractivity contribution is 7.09. The van der Waals surface area contributed by atoms with Crippen LogP contribution in [0.5, 0.6) is 0 Å². The standard InChI is InChI=1S/C83H124N14O17S/c1-17-54(8)74(66(110-15)48-69(100)97-39-23-28-65(97)75(111-16)55(9)76(103)90-63(81-86-38-45-115-81)46-57-24-19-18-20-25-57)94(13)82(108)72(52(4)5)92-80(107)73(53(6)7)95(14)83(109)114-50-58-29-31-60(32-30-58)88-77(104)56(10)87-79(106)71(51(2)3)91-68(99)36-41-112-43-44-113-42-37-85-78(105)62(33-34-70(101)102)89-67(98)35-40-96-61(49-93(12)84-11)47-59-26-21-22-27-64(59)96/h18-22,24-27,29-32,38,45,47,51-56,62-63,65-66,71-75,84H,17,23,28,33-37,39-44,46,48-50H2,1-16H3,(H,85,105)(H,87,106)(H,88,104)(H,89,98)(H,90,103)(H,91,99)(H,92,107)(H,101,102)/t54-,55+,56-,62-,63-,65-,66+,71?,72-,73-,74-,75+/m0/s1. The topological polar surface area (TPSA) is 381 Å². The van der Waals surface area contributed by atoms with Crippen molar-refractivity contribution in [3.8, 4) is 0 Å². The summed E-state index contributed by atoms with van der Waals surface area (Å²) in [5.41, 5.74) is 6.99. The third kappa shape index (κ3) is 28.8. The number of para-hydroxylation sites is 1. The fourth-order valence-electron chi connectivity index (χ4n) is 14.3. The Hall–Kier alpha value is -9.44. The van der Waals surface area contributed by atoms with Gasteiger partial charge in [0, 0.05) is 103 Å². The van der Waals surface area contributed by atoms with Crippen molar-refractivity contribution in [3.63, 3.8) is 0 Å². The summed E-state index contributed by atoms with van der Waals surface area (Å²) >= 11 is 1.47. The Morgan fingerprint density at radius 2 is 1.35 bits per heavy atom. The molecule has 9 N–H and O–H groups in total. The number of carbonyl (C=O) groups excluding carboxylic acids is 10. The van der Waals surface area contributed by atoms with Crippen LogP contribution in [0.4, 0.5) is 10.5 Å². The van der Waals surface area contributed by atoms with E-state index in [-0.39, 0.29) is 101 Å². The second kappa shape index (κ2) is 47.6. The summed E-state index contributed by atoms with van der Waals surface area (Å²) in [5.74, 6) is -7.12. The average Bonchev–Trinajstić information content (AvgIpc) is 1.75. The number of amides is 10. The Balaban J connectivity index is 0.913. The number of hydrogen-bond donors (Lipinski definition) is 9. The Labute approximate surface area is 680 Å². The van der Waals surface area contributed by atoms with Crippen LogP contribution < -0.4 is 42.6 Å². The zero-order valence-corrected chi connectivity index (χ0v) is 70.5. The molecule has 2 aromatic heterocycles. The zero-order valence-electron chi connectivity index (χ0n) is 69.7. The van der Waals surface area contributed by atoms with Crippen LogP contribution in [0.1, 0.15) is 148 Å². The van der Waals surface area contributed by atoms with E-state index in [9.17, 15) is 57.8 Å². The van der Waals surface area contributed by atoms with Crippen LogP contribution in [0.25, 0.3) is 10.9 Å². The molecule has 0 radical (unpaired) electrons. The Kier molecular flexibility index (Phi) is 39.0. The Morgan fingerprint density at radius 3 is 1.97 bits per heavy atom. The highest BCUT2D eigenvalue weighted by Gasteiger charge is 2.44. The number of carboxylic acids is 1. The zero-order chi connectivity index (χ0) is 84.6. The van der Waals surface area contributed by atoms with Crippen LogP contribution in [0.2, 0.25) is 0 Å². The number of nitrogens with zero attached hydrogens (tertiary/aromatic N) is 6. The Bertz CT molecular complexity index is 3940. The number of likely N-dealkylation sites (tertiary alicyclic amines) is 1. The van der Waals surface area contributed by atoms with Gasteiger partial charge in [0.1, 0.15) is 41.8 Å². The minimum Gasteiger partial charge on any atom is -0.481 e. The van der Waals surface area contributed by atoms with Gasteiger partial charge in [0.2, 0.25) is 53.2 Å². The highest BCUT2D eigenvalue weighted by atomic mass is 32.1. The SMILES string of the molecule is CC[C@H](C)[C@@H]([C@@H](CC(=O)N1CCC[C@H]1[C@H](OC)[C@@H](C)C(=O)N[C@@H](Cc1ccccc1)c1nccs1)OC)N(C)C(=O)[C@@H](NC(=O)[C@H](C(C)C)N(C)C(=O)OCc1ccc(NC(=O)[C@H](C)NC(=O)C(NC(=O)CCOCCOCCNC(=O)[C@H](CCC(=O)O)NC(=O)CCn2c(CN(C)NC)cc3ccccc32)C(C)C)cc1)C(C)C. The number of ether oxygens (including phenoxy) is 5. The van der Waals surface area contributed by atoms with Gasteiger partial charge in [-0.05, 0) is 104 Å². The summed E-state index contributed by atoms with van der Waals surface area (Å²) < 4.78 is 31.2. The van der Waals surface area contributed by atoms with E-state index in [2.05, 4.69) is 58.3 Å². The molecular weight excluding hydrogens is 1500 g/mol. The highest BCUT2D eigenvalue weighted by Crippen LogP contribution is 2.32. The molecule has 5 aromatic rings. The van der Waals surface area contributed by atoms with E-state index in [0.717, 1.165) is 27.2 Å². The smallest absolute Gasteiger partial charge is 0.410 e. The molecule has 6 rings (SSSR count). The van der Waals surface area contributed by atoms with E-state index in [0.29, 0.717) is 56.6 Å². The normalized spacial score (nSPS) is 15.8. The van der Waals surface area contributed by atoms with Crippen LogP contribution in [-0.2, 0) is 97.7 Å². The summed E-state index contributed by atoms with van der Waals surface area (Å²) in [6.45, 7) is 19.5. The number of aliphatic carboxylic acids is 1. The molecule has 3 aromatic carbocycles. The number of benzene rings is 3. The maximum atomic E-state index is 14.9. The van der Waals surface area contributed by atoms with E-state index in [1.807, 2.05) is 114 Å². The molecule has 31 nitrogen and oxygen atoms in total. The van der Waals surface area contributed by atoms with Crippen LogP contribution in [0.15, 0.2) is 96.5 Å². The predicted octanol–water partition coefficient (Wildman–Crippen LogP) is 6.98. The van der Waals surface area contributed by atoms with Crippen LogP contribution in [0, 0.1) is 29.6 Å². The average molecular weight is 1620 g/mol. The molecule has 10 amide bonds. The van der Waals surface area contributed by atoms with Gasteiger partial charge in [-0.25, -0.2) is 14.8 Å². The first-order valence-corrected chi connectivity index (χ1v) is 40.7. The summed E-state index contributed by atoms with van der Waals surface area (Å²) in [7, 11) is 9.89. The molecule has 1 unspecified atom stereocenters. The van der Waals surface area contributed by atoms with Crippen molar-refractivity contribution in [3.05, 3.63) is 118 Å². The number of carbonyl (C=O) groups is 11. The molecule has 1 aliphatic heterocycles. The third-order valence-electron chi connectivity index (χ3n) is 21.0. The van der Waals surface area contributed by atoms with Crippen molar-refractivity contribution in [2.24, 2.45) is 29.6 Å². The number of aryl methyl sites for hydroxylation is 1. The lowest BCUT2D eigenvalue weighted by Crippen LogP contribution is -2.60. The predicted molar refractivity (Wildman–Crippen MR) is 437 cm³/mol. The van der Waals surface area contributed by atoms with Gasteiger partial charge in [0.15, 0.2) is 0 Å². The number of aromatic nitrogens is 2. The van der Waals surface area contributed by atoms with Gasteiger partial charge in [-0.2, -0.15) is 0 Å². The number of hydrogen-bond acceptors (Lipinski definition) is 20.